The zero-order valence-electron chi connectivity index (χ0n) is 13.0. The van der Waals surface area contributed by atoms with E-state index in [4.69, 9.17) is 0 Å². The van der Waals surface area contributed by atoms with Crippen LogP contribution in [0.4, 0.5) is 10.1 Å². The van der Waals surface area contributed by atoms with Gasteiger partial charge in [-0.1, -0.05) is 19.9 Å². The highest BCUT2D eigenvalue weighted by molar-refractivity contribution is 5.50. The molecule has 0 radical (unpaired) electrons. The van der Waals surface area contributed by atoms with Gasteiger partial charge in [-0.2, -0.15) is 0 Å². The van der Waals surface area contributed by atoms with Crippen molar-refractivity contribution < 1.29 is 4.39 Å². The number of halogens is 1. The minimum atomic E-state index is -0.0817. The molecule has 2 nitrogen and oxygen atoms in total. The molecule has 0 amide bonds. The van der Waals surface area contributed by atoms with Gasteiger partial charge in [0.25, 0.3) is 0 Å². The molecule has 0 spiro atoms. The van der Waals surface area contributed by atoms with Crippen molar-refractivity contribution >= 4 is 5.69 Å². The molecule has 0 aliphatic carbocycles. The Bertz CT molecular complexity index is 433. The first kappa shape index (κ1) is 15.3. The zero-order chi connectivity index (χ0) is 14.5. The highest BCUT2D eigenvalue weighted by Crippen LogP contribution is 2.27. The third-order valence-corrected chi connectivity index (χ3v) is 4.17. The molecule has 1 heterocycles. The van der Waals surface area contributed by atoms with Gasteiger partial charge >= 0.3 is 0 Å². The van der Waals surface area contributed by atoms with Gasteiger partial charge in [-0.25, -0.2) is 4.39 Å². The summed E-state index contributed by atoms with van der Waals surface area (Å²) in [4.78, 5) is 2.19. The summed E-state index contributed by atoms with van der Waals surface area (Å²) < 4.78 is 14.4. The summed E-state index contributed by atoms with van der Waals surface area (Å²) >= 11 is 0. The lowest BCUT2D eigenvalue weighted by atomic mass is 9.99. The SMILES string of the molecule is CCCN[C@@H](C)c1ccc(N2CCC[C@@H](C)C2)c(F)c1. The smallest absolute Gasteiger partial charge is 0.146 e. The molecule has 0 bridgehead atoms. The number of anilines is 1. The van der Waals surface area contributed by atoms with Gasteiger partial charge in [-0.15, -0.1) is 0 Å². The van der Waals surface area contributed by atoms with Crippen LogP contribution in [-0.4, -0.2) is 19.6 Å². The number of nitrogens with zero attached hydrogens (tertiary/aromatic N) is 1. The van der Waals surface area contributed by atoms with E-state index in [1.165, 1.54) is 6.42 Å². The quantitative estimate of drug-likeness (QED) is 0.871. The maximum Gasteiger partial charge on any atom is 0.146 e. The van der Waals surface area contributed by atoms with Gasteiger partial charge in [0.15, 0.2) is 0 Å². The molecule has 2 atom stereocenters. The lowest BCUT2D eigenvalue weighted by molar-refractivity contribution is 0.442. The summed E-state index contributed by atoms with van der Waals surface area (Å²) in [6, 6.07) is 5.92. The fraction of sp³-hybridized carbons (Fsp3) is 0.647. The van der Waals surface area contributed by atoms with Crippen LogP contribution in [0.15, 0.2) is 18.2 Å². The molecule has 1 fully saturated rings. The van der Waals surface area contributed by atoms with Gasteiger partial charge in [0.05, 0.1) is 5.69 Å². The van der Waals surface area contributed by atoms with Crippen molar-refractivity contribution in [1.29, 1.82) is 0 Å². The topological polar surface area (TPSA) is 15.3 Å². The van der Waals surface area contributed by atoms with Gasteiger partial charge in [-0.05, 0) is 56.3 Å². The van der Waals surface area contributed by atoms with Crippen LogP contribution in [0.5, 0.6) is 0 Å². The Kier molecular flexibility index (Phi) is 5.41. The lowest BCUT2D eigenvalue weighted by Gasteiger charge is -2.33. The average Bonchev–Trinajstić information content (AvgIpc) is 2.44. The second-order valence-corrected chi connectivity index (χ2v) is 6.08. The fourth-order valence-corrected chi connectivity index (χ4v) is 2.94. The molecule has 0 saturated carbocycles. The molecule has 0 aromatic heterocycles. The van der Waals surface area contributed by atoms with E-state index in [1.54, 1.807) is 6.07 Å². The fourth-order valence-electron chi connectivity index (χ4n) is 2.94. The molecule has 1 aromatic rings. The van der Waals surface area contributed by atoms with E-state index >= 15 is 0 Å². The number of rotatable bonds is 5. The van der Waals surface area contributed by atoms with Crippen LogP contribution in [0.25, 0.3) is 0 Å². The van der Waals surface area contributed by atoms with Crippen molar-refractivity contribution in [1.82, 2.24) is 5.32 Å². The molecular formula is C17H27FN2. The van der Waals surface area contributed by atoms with Crippen LogP contribution in [-0.2, 0) is 0 Å². The largest absolute Gasteiger partial charge is 0.369 e. The van der Waals surface area contributed by atoms with Crippen molar-refractivity contribution in [3.05, 3.63) is 29.6 Å². The van der Waals surface area contributed by atoms with Crippen molar-refractivity contribution in [2.45, 2.75) is 46.1 Å². The maximum absolute atomic E-state index is 14.4. The van der Waals surface area contributed by atoms with Gasteiger partial charge in [0, 0.05) is 19.1 Å². The van der Waals surface area contributed by atoms with Gasteiger partial charge < -0.3 is 10.2 Å². The molecule has 0 unspecified atom stereocenters. The van der Waals surface area contributed by atoms with Gasteiger partial charge in [0.1, 0.15) is 5.82 Å². The molecule has 1 aromatic carbocycles. The van der Waals surface area contributed by atoms with E-state index in [0.29, 0.717) is 5.92 Å². The number of hydrogen-bond donors (Lipinski definition) is 1. The monoisotopic (exact) mass is 278 g/mol. The first-order chi connectivity index (χ1) is 9.61. The summed E-state index contributed by atoms with van der Waals surface area (Å²) in [5, 5.41) is 3.40. The predicted molar refractivity (Wildman–Crippen MR) is 83.7 cm³/mol. The van der Waals surface area contributed by atoms with Crippen molar-refractivity contribution in [2.24, 2.45) is 5.92 Å². The van der Waals surface area contributed by atoms with Gasteiger partial charge in [0.2, 0.25) is 0 Å². The highest BCUT2D eigenvalue weighted by atomic mass is 19.1. The summed E-state index contributed by atoms with van der Waals surface area (Å²) in [6.07, 6.45) is 3.52. The summed E-state index contributed by atoms with van der Waals surface area (Å²) in [6.45, 7) is 9.39. The average molecular weight is 278 g/mol. The lowest BCUT2D eigenvalue weighted by Crippen LogP contribution is -2.34. The first-order valence-electron chi connectivity index (χ1n) is 7.89. The Morgan fingerprint density at radius 3 is 2.90 bits per heavy atom. The van der Waals surface area contributed by atoms with Crippen molar-refractivity contribution in [3.8, 4) is 0 Å². The molecule has 1 aliphatic rings. The minimum Gasteiger partial charge on any atom is -0.369 e. The van der Waals surface area contributed by atoms with Crippen LogP contribution in [0.1, 0.15) is 51.6 Å². The minimum absolute atomic E-state index is 0.0817. The molecule has 112 valence electrons. The van der Waals surface area contributed by atoms with Crippen LogP contribution >= 0.6 is 0 Å². The summed E-state index contributed by atoms with van der Waals surface area (Å²) in [5.74, 6) is 0.578. The third kappa shape index (κ3) is 3.72. The molecule has 1 aliphatic heterocycles. The van der Waals surface area contributed by atoms with Crippen LogP contribution in [0.2, 0.25) is 0 Å². The number of benzene rings is 1. The Balaban J connectivity index is 2.09. The van der Waals surface area contributed by atoms with Crippen LogP contribution in [0.3, 0.4) is 0 Å². The Hall–Kier alpha value is -1.09. The zero-order valence-corrected chi connectivity index (χ0v) is 13.0. The molecule has 3 heteroatoms. The molecular weight excluding hydrogens is 251 g/mol. The summed E-state index contributed by atoms with van der Waals surface area (Å²) in [7, 11) is 0. The van der Waals surface area contributed by atoms with E-state index in [1.807, 2.05) is 6.07 Å². The second-order valence-electron chi connectivity index (χ2n) is 6.08. The van der Waals surface area contributed by atoms with E-state index in [2.05, 4.69) is 37.1 Å². The maximum atomic E-state index is 14.4. The normalized spacial score (nSPS) is 21.0. The first-order valence-corrected chi connectivity index (χ1v) is 7.89. The number of piperidine rings is 1. The predicted octanol–water partition coefficient (Wildman–Crippen LogP) is 4.12. The Labute approximate surface area is 122 Å². The van der Waals surface area contributed by atoms with Crippen molar-refractivity contribution in [2.75, 3.05) is 24.5 Å². The molecule has 1 saturated heterocycles. The second kappa shape index (κ2) is 7.07. The highest BCUT2D eigenvalue weighted by Gasteiger charge is 2.19. The third-order valence-electron chi connectivity index (χ3n) is 4.17. The molecule has 20 heavy (non-hydrogen) atoms. The van der Waals surface area contributed by atoms with E-state index < -0.39 is 0 Å². The van der Waals surface area contributed by atoms with E-state index in [9.17, 15) is 4.39 Å². The van der Waals surface area contributed by atoms with E-state index in [-0.39, 0.29) is 11.9 Å². The number of nitrogens with one attached hydrogen (secondary N) is 1. The van der Waals surface area contributed by atoms with Crippen LogP contribution in [0, 0.1) is 11.7 Å². The van der Waals surface area contributed by atoms with Crippen LogP contribution < -0.4 is 10.2 Å². The summed E-state index contributed by atoms with van der Waals surface area (Å²) in [5.41, 5.74) is 1.80. The van der Waals surface area contributed by atoms with Gasteiger partial charge in [-0.3, -0.25) is 0 Å². The molecule has 2 rings (SSSR count). The molecule has 1 N–H and O–H groups in total. The Morgan fingerprint density at radius 2 is 2.25 bits per heavy atom. The van der Waals surface area contributed by atoms with E-state index in [0.717, 1.165) is 43.7 Å². The number of hydrogen-bond acceptors (Lipinski definition) is 2. The standard InChI is InChI=1S/C17H27FN2/c1-4-9-19-14(3)15-7-8-17(16(18)11-15)20-10-5-6-13(2)12-20/h7-8,11,13-14,19H,4-6,9-10,12H2,1-3H3/t13-,14+/m1/s1. The Morgan fingerprint density at radius 1 is 1.45 bits per heavy atom. The van der Waals surface area contributed by atoms with Crippen molar-refractivity contribution in [3.63, 3.8) is 0 Å².